The Morgan fingerprint density at radius 3 is 0.782 bits per heavy atom. The molecule has 78 heavy (non-hydrogen) atoms. The molecule has 1 unspecified atom stereocenters. The Morgan fingerprint density at radius 1 is 0.269 bits per heavy atom. The minimum atomic E-state index is -0.782. The van der Waals surface area contributed by atoms with E-state index in [1.165, 1.54) is 128 Å². The molecule has 0 saturated heterocycles. The van der Waals surface area contributed by atoms with Crippen LogP contribution >= 0.6 is 0 Å². The summed E-state index contributed by atoms with van der Waals surface area (Å²) in [5.41, 5.74) is 0. The van der Waals surface area contributed by atoms with Gasteiger partial charge in [0.1, 0.15) is 13.2 Å². The third-order valence-electron chi connectivity index (χ3n) is 13.7. The number of rotatable bonds is 58. The molecule has 1 atom stereocenters. The van der Waals surface area contributed by atoms with Crippen molar-refractivity contribution in [1.82, 2.24) is 0 Å². The van der Waals surface area contributed by atoms with Gasteiger partial charge in [0.15, 0.2) is 6.10 Å². The third kappa shape index (κ3) is 62.7. The fourth-order valence-electron chi connectivity index (χ4n) is 8.91. The second kappa shape index (κ2) is 65.3. The van der Waals surface area contributed by atoms with Crippen LogP contribution in [0.1, 0.15) is 297 Å². The zero-order chi connectivity index (χ0) is 56.4. The second-order valence-electron chi connectivity index (χ2n) is 21.3. The second-order valence-corrected chi connectivity index (χ2v) is 21.3. The first kappa shape index (κ1) is 73.8. The fraction of sp³-hybridized carbons (Fsp3) is 0.681. The average Bonchev–Trinajstić information content (AvgIpc) is 3.44. The number of unbranched alkanes of at least 4 members (excludes halogenated alkanes) is 27. The van der Waals surface area contributed by atoms with Gasteiger partial charge in [-0.3, -0.25) is 14.4 Å². The molecule has 0 heterocycles. The molecule has 0 aromatic rings. The van der Waals surface area contributed by atoms with Crippen molar-refractivity contribution in [1.29, 1.82) is 0 Å². The Hall–Kier alpha value is -4.19. The Balaban J connectivity index is 4.11. The van der Waals surface area contributed by atoms with Gasteiger partial charge >= 0.3 is 17.9 Å². The van der Waals surface area contributed by atoms with Gasteiger partial charge in [-0.1, -0.05) is 290 Å². The summed E-state index contributed by atoms with van der Waals surface area (Å²) in [7, 11) is 0. The van der Waals surface area contributed by atoms with Crippen LogP contribution in [0.25, 0.3) is 0 Å². The number of hydrogen-bond acceptors (Lipinski definition) is 6. The van der Waals surface area contributed by atoms with Crippen LogP contribution in [-0.2, 0) is 28.6 Å². The lowest BCUT2D eigenvalue weighted by atomic mass is 10.0. The van der Waals surface area contributed by atoms with Gasteiger partial charge in [0, 0.05) is 19.3 Å². The number of carbonyl (C=O) groups is 3. The van der Waals surface area contributed by atoms with Crippen molar-refractivity contribution in [3.63, 3.8) is 0 Å². The van der Waals surface area contributed by atoms with Crippen LogP contribution in [-0.4, -0.2) is 37.2 Å². The molecule has 6 heteroatoms. The lowest BCUT2D eigenvalue weighted by Crippen LogP contribution is -2.30. The molecule has 0 aromatic carbocycles. The molecule has 0 aliphatic carbocycles. The van der Waals surface area contributed by atoms with Gasteiger partial charge in [0.05, 0.1) is 0 Å². The highest BCUT2D eigenvalue weighted by Gasteiger charge is 2.19. The van der Waals surface area contributed by atoms with Crippen molar-refractivity contribution in [3.8, 4) is 0 Å². The zero-order valence-electron chi connectivity index (χ0n) is 50.9. The van der Waals surface area contributed by atoms with Crippen LogP contribution in [0.2, 0.25) is 0 Å². The summed E-state index contributed by atoms with van der Waals surface area (Å²) in [6, 6.07) is 0. The van der Waals surface area contributed by atoms with Gasteiger partial charge in [0.2, 0.25) is 0 Å². The van der Waals surface area contributed by atoms with Crippen LogP contribution in [0.5, 0.6) is 0 Å². The predicted octanol–water partition coefficient (Wildman–Crippen LogP) is 22.4. The molecule has 0 rings (SSSR count). The minimum Gasteiger partial charge on any atom is -0.462 e. The maximum Gasteiger partial charge on any atom is 0.306 e. The molecule has 0 N–H and O–H groups in total. The monoisotopic (exact) mass is 1080 g/mol. The standard InChI is InChI=1S/C72H120O6/c1-4-7-10-13-16-18-20-22-24-26-28-30-32-34-36-38-40-42-44-46-48-50-52-54-56-59-62-65-71(74)77-68-69(67-76-70(73)64-61-58-15-12-9-6-3)78-72(75)66-63-60-57-55-53-51-49-47-45-43-41-39-37-35-33-31-29-27-25-23-21-19-17-14-11-8-5-2/h7-8,10-11,16-19,22-25,28-31,34,36,40,42,69H,4-6,9,12-15,20-21,26-27,32-33,35,37-39,41,43-68H2,1-3H3/b10-7-,11-8-,18-16-,19-17-,24-22-,25-23-,30-28-,31-29-,36-34-,42-40-. The molecule has 0 amide bonds. The molecule has 0 aliphatic rings. The average molecular weight is 1080 g/mol. The van der Waals surface area contributed by atoms with Gasteiger partial charge in [-0.15, -0.1) is 0 Å². The largest absolute Gasteiger partial charge is 0.462 e. The summed E-state index contributed by atoms with van der Waals surface area (Å²) in [4.78, 5) is 38.1. The van der Waals surface area contributed by atoms with Crippen molar-refractivity contribution in [2.24, 2.45) is 0 Å². The SMILES string of the molecule is CC/C=C\C/C=C\C/C=C\C/C=C\C/C=C\C/C=C\CCCCCCCCCCC(=O)OCC(COC(=O)CCCCCCCC)OC(=O)CCCCCCCCCCCCCCCC/C=C\C/C=C\C/C=C\C/C=C\CC. The van der Waals surface area contributed by atoms with E-state index in [9.17, 15) is 14.4 Å². The summed E-state index contributed by atoms with van der Waals surface area (Å²) in [6.45, 7) is 6.36. The lowest BCUT2D eigenvalue weighted by Gasteiger charge is -2.18. The molecule has 0 fully saturated rings. The highest BCUT2D eigenvalue weighted by molar-refractivity contribution is 5.71. The van der Waals surface area contributed by atoms with Crippen LogP contribution in [0.4, 0.5) is 0 Å². The van der Waals surface area contributed by atoms with Gasteiger partial charge in [-0.25, -0.2) is 0 Å². The van der Waals surface area contributed by atoms with E-state index in [-0.39, 0.29) is 31.1 Å². The topological polar surface area (TPSA) is 78.9 Å². The van der Waals surface area contributed by atoms with Crippen LogP contribution < -0.4 is 0 Å². The van der Waals surface area contributed by atoms with Crippen molar-refractivity contribution < 1.29 is 28.6 Å². The molecule has 0 aliphatic heterocycles. The number of allylic oxidation sites excluding steroid dienone is 20. The number of ether oxygens (including phenoxy) is 3. The first-order chi connectivity index (χ1) is 38.5. The summed E-state index contributed by atoms with van der Waals surface area (Å²) < 4.78 is 16.8. The van der Waals surface area contributed by atoms with Gasteiger partial charge < -0.3 is 14.2 Å². The van der Waals surface area contributed by atoms with Crippen molar-refractivity contribution >= 4 is 17.9 Å². The van der Waals surface area contributed by atoms with E-state index in [4.69, 9.17) is 14.2 Å². The molecular weight excluding hydrogens is 961 g/mol. The summed E-state index contributed by atoms with van der Waals surface area (Å²) in [5, 5.41) is 0. The molecular formula is C72H120O6. The maximum absolute atomic E-state index is 12.9. The van der Waals surface area contributed by atoms with Crippen LogP contribution in [0.15, 0.2) is 122 Å². The lowest BCUT2D eigenvalue weighted by molar-refractivity contribution is -0.167. The van der Waals surface area contributed by atoms with Crippen LogP contribution in [0.3, 0.4) is 0 Å². The van der Waals surface area contributed by atoms with Gasteiger partial charge in [0.25, 0.3) is 0 Å². The normalized spacial score (nSPS) is 12.9. The fourth-order valence-corrected chi connectivity index (χ4v) is 8.91. The highest BCUT2D eigenvalue weighted by atomic mass is 16.6. The van der Waals surface area contributed by atoms with Crippen molar-refractivity contribution in [2.75, 3.05) is 13.2 Å². The van der Waals surface area contributed by atoms with Crippen molar-refractivity contribution in [3.05, 3.63) is 122 Å². The van der Waals surface area contributed by atoms with E-state index in [2.05, 4.69) is 142 Å². The van der Waals surface area contributed by atoms with E-state index >= 15 is 0 Å². The first-order valence-electron chi connectivity index (χ1n) is 32.5. The quantitative estimate of drug-likeness (QED) is 0.0261. The molecule has 0 radical (unpaired) electrons. The van der Waals surface area contributed by atoms with E-state index in [1.807, 2.05) is 0 Å². The summed E-state index contributed by atoms with van der Waals surface area (Å²) in [5.74, 6) is -0.895. The Morgan fingerprint density at radius 2 is 0.500 bits per heavy atom. The first-order valence-corrected chi connectivity index (χ1v) is 32.5. The molecule has 6 nitrogen and oxygen atoms in total. The Labute approximate surface area is 482 Å². The third-order valence-corrected chi connectivity index (χ3v) is 13.7. The number of esters is 3. The number of hydrogen-bond donors (Lipinski definition) is 0. The molecule has 444 valence electrons. The minimum absolute atomic E-state index is 0.0810. The van der Waals surface area contributed by atoms with Crippen LogP contribution in [0, 0.1) is 0 Å². The smallest absolute Gasteiger partial charge is 0.306 e. The van der Waals surface area contributed by atoms with E-state index in [0.29, 0.717) is 19.3 Å². The Kier molecular flexibility index (Phi) is 61.8. The molecule has 0 spiro atoms. The Bertz CT molecular complexity index is 1620. The highest BCUT2D eigenvalue weighted by Crippen LogP contribution is 2.16. The van der Waals surface area contributed by atoms with E-state index in [0.717, 1.165) is 128 Å². The zero-order valence-corrected chi connectivity index (χ0v) is 50.9. The van der Waals surface area contributed by atoms with Gasteiger partial charge in [-0.05, 0) is 109 Å². The number of carbonyl (C=O) groups excluding carboxylic acids is 3. The van der Waals surface area contributed by atoms with Gasteiger partial charge in [-0.2, -0.15) is 0 Å². The summed E-state index contributed by atoms with van der Waals surface area (Å²) >= 11 is 0. The van der Waals surface area contributed by atoms with E-state index in [1.54, 1.807) is 0 Å². The predicted molar refractivity (Wildman–Crippen MR) is 339 cm³/mol. The molecule has 0 saturated carbocycles. The maximum atomic E-state index is 12.9. The summed E-state index contributed by atoms with van der Waals surface area (Å²) in [6.07, 6.45) is 91.0. The van der Waals surface area contributed by atoms with E-state index < -0.39 is 6.10 Å². The molecule has 0 aromatic heterocycles. The van der Waals surface area contributed by atoms with Crippen molar-refractivity contribution in [2.45, 2.75) is 303 Å². The molecule has 0 bridgehead atoms.